The summed E-state index contributed by atoms with van der Waals surface area (Å²) in [6.45, 7) is 2.97. The van der Waals surface area contributed by atoms with Gasteiger partial charge in [0, 0.05) is 17.5 Å². The Morgan fingerprint density at radius 2 is 2.22 bits per heavy atom. The number of amides is 2. The van der Waals surface area contributed by atoms with E-state index in [2.05, 4.69) is 9.97 Å². The highest BCUT2D eigenvalue weighted by atomic mass is 19.1. The number of carbonyl (C=O) groups excluding carboxylic acids is 2. The lowest BCUT2D eigenvalue weighted by Gasteiger charge is -2.23. The molecule has 1 aliphatic rings. The number of aryl methyl sites for hydroxylation is 1. The van der Waals surface area contributed by atoms with Gasteiger partial charge in [0.2, 0.25) is 17.8 Å². The first-order valence-corrected chi connectivity index (χ1v) is 7.12. The van der Waals surface area contributed by atoms with Crippen molar-refractivity contribution in [2.45, 2.75) is 19.8 Å². The first-order chi connectivity index (χ1) is 10.9. The highest BCUT2D eigenvalue weighted by molar-refractivity contribution is 6.07. The number of fused-ring (bicyclic) bond motifs is 3. The predicted octanol–water partition coefficient (Wildman–Crippen LogP) is 1.53. The van der Waals surface area contributed by atoms with Crippen LogP contribution in [0.1, 0.15) is 24.2 Å². The summed E-state index contributed by atoms with van der Waals surface area (Å²) < 4.78 is 14.6. The van der Waals surface area contributed by atoms with E-state index in [0.717, 1.165) is 0 Å². The largest absolute Gasteiger partial charge is 0.368 e. The van der Waals surface area contributed by atoms with E-state index in [0.29, 0.717) is 17.0 Å². The summed E-state index contributed by atoms with van der Waals surface area (Å²) in [5, 5.41) is 0. The standard InChI is InChI=1S/C16H15FN4O2/c1-8-6-11-13(15(17)20-8)10-4-3-5-19-14(10)9(2)16(23)21(11)7-12(18)22/h3-6,9H,7H2,1-2H3,(H2,18,22)/t9-/m1/s1. The number of hydrogen-bond acceptors (Lipinski definition) is 4. The molecule has 0 aliphatic carbocycles. The molecular formula is C16H15FN4O2. The third kappa shape index (κ3) is 2.44. The lowest BCUT2D eigenvalue weighted by Crippen LogP contribution is -2.40. The van der Waals surface area contributed by atoms with E-state index >= 15 is 0 Å². The van der Waals surface area contributed by atoms with Crippen molar-refractivity contribution in [3.8, 4) is 11.1 Å². The van der Waals surface area contributed by atoms with Gasteiger partial charge in [-0.3, -0.25) is 14.6 Å². The number of primary amides is 1. The van der Waals surface area contributed by atoms with Crippen LogP contribution in [0.4, 0.5) is 10.1 Å². The summed E-state index contributed by atoms with van der Waals surface area (Å²) in [6.07, 6.45) is 1.55. The highest BCUT2D eigenvalue weighted by Crippen LogP contribution is 2.41. The third-order valence-electron chi connectivity index (χ3n) is 3.84. The van der Waals surface area contributed by atoms with E-state index in [9.17, 15) is 14.0 Å². The second kappa shape index (κ2) is 5.42. The Labute approximate surface area is 132 Å². The summed E-state index contributed by atoms with van der Waals surface area (Å²) in [6, 6.07) is 4.94. The Bertz CT molecular complexity index is 822. The molecule has 0 aromatic carbocycles. The molecule has 2 amide bonds. The number of nitrogens with zero attached hydrogens (tertiary/aromatic N) is 3. The fraction of sp³-hybridized carbons (Fsp3) is 0.250. The maximum atomic E-state index is 14.6. The van der Waals surface area contributed by atoms with Crippen molar-refractivity contribution in [2.75, 3.05) is 11.4 Å². The fourth-order valence-electron chi connectivity index (χ4n) is 2.84. The molecular weight excluding hydrogens is 299 g/mol. The Balaban J connectivity index is 2.36. The molecule has 0 saturated heterocycles. The highest BCUT2D eigenvalue weighted by Gasteiger charge is 2.35. The van der Waals surface area contributed by atoms with E-state index in [-0.39, 0.29) is 23.7 Å². The second-order valence-corrected chi connectivity index (χ2v) is 5.50. The van der Waals surface area contributed by atoms with Gasteiger partial charge in [0.25, 0.3) is 0 Å². The van der Waals surface area contributed by atoms with Gasteiger partial charge in [0.05, 0.1) is 22.9 Å². The molecule has 0 unspecified atom stereocenters. The lowest BCUT2D eigenvalue weighted by molar-refractivity contribution is -0.123. The van der Waals surface area contributed by atoms with E-state index in [1.807, 2.05) is 0 Å². The monoisotopic (exact) mass is 314 g/mol. The van der Waals surface area contributed by atoms with Gasteiger partial charge >= 0.3 is 0 Å². The number of rotatable bonds is 2. The molecule has 118 valence electrons. The Morgan fingerprint density at radius 1 is 1.48 bits per heavy atom. The van der Waals surface area contributed by atoms with Crippen molar-refractivity contribution in [3.63, 3.8) is 0 Å². The first-order valence-electron chi connectivity index (χ1n) is 7.12. The van der Waals surface area contributed by atoms with Crippen LogP contribution in [0.25, 0.3) is 11.1 Å². The fourth-order valence-corrected chi connectivity index (χ4v) is 2.84. The zero-order chi connectivity index (χ0) is 16.7. The topological polar surface area (TPSA) is 89.2 Å². The van der Waals surface area contributed by atoms with Crippen LogP contribution in [0, 0.1) is 12.9 Å². The average molecular weight is 314 g/mol. The minimum absolute atomic E-state index is 0.164. The van der Waals surface area contributed by atoms with Crippen molar-refractivity contribution in [1.29, 1.82) is 0 Å². The minimum atomic E-state index is -0.703. The normalized spacial score (nSPS) is 16.6. The molecule has 3 heterocycles. The Morgan fingerprint density at radius 3 is 2.91 bits per heavy atom. The number of nitrogens with two attached hydrogens (primary N) is 1. The van der Waals surface area contributed by atoms with Crippen LogP contribution < -0.4 is 10.6 Å². The van der Waals surface area contributed by atoms with Crippen molar-refractivity contribution >= 4 is 17.5 Å². The third-order valence-corrected chi connectivity index (χ3v) is 3.84. The maximum Gasteiger partial charge on any atom is 0.237 e. The first kappa shape index (κ1) is 15.1. The summed E-state index contributed by atoms with van der Waals surface area (Å²) in [5.41, 5.74) is 7.08. The SMILES string of the molecule is Cc1cc2c(c(F)n1)-c1cccnc1[C@@H](C)C(=O)N2CC(N)=O. The van der Waals surface area contributed by atoms with Crippen LogP contribution in [0.3, 0.4) is 0 Å². The van der Waals surface area contributed by atoms with Crippen molar-refractivity contribution in [2.24, 2.45) is 5.73 Å². The predicted molar refractivity (Wildman–Crippen MR) is 82.1 cm³/mol. The van der Waals surface area contributed by atoms with Crippen LogP contribution in [-0.2, 0) is 9.59 Å². The number of carbonyl (C=O) groups is 2. The van der Waals surface area contributed by atoms with Gasteiger partial charge < -0.3 is 10.6 Å². The van der Waals surface area contributed by atoms with Gasteiger partial charge in [-0.2, -0.15) is 4.39 Å². The smallest absolute Gasteiger partial charge is 0.237 e. The average Bonchev–Trinajstić information content (AvgIpc) is 2.57. The Hall–Kier alpha value is -2.83. The minimum Gasteiger partial charge on any atom is -0.368 e. The number of hydrogen-bond donors (Lipinski definition) is 1. The molecule has 7 heteroatoms. The second-order valence-electron chi connectivity index (χ2n) is 5.50. The van der Waals surface area contributed by atoms with Crippen LogP contribution in [0.5, 0.6) is 0 Å². The summed E-state index contributed by atoms with van der Waals surface area (Å²) in [7, 11) is 0. The van der Waals surface area contributed by atoms with Gasteiger partial charge in [-0.05, 0) is 26.0 Å². The molecule has 23 heavy (non-hydrogen) atoms. The van der Waals surface area contributed by atoms with Gasteiger partial charge in [-0.25, -0.2) is 4.98 Å². The molecule has 2 N–H and O–H groups in total. The van der Waals surface area contributed by atoms with Crippen LogP contribution in [0.15, 0.2) is 24.4 Å². The molecule has 6 nitrogen and oxygen atoms in total. The summed E-state index contributed by atoms with van der Waals surface area (Å²) in [5.74, 6) is -2.36. The van der Waals surface area contributed by atoms with Crippen molar-refractivity contribution in [1.82, 2.24) is 9.97 Å². The van der Waals surface area contributed by atoms with Gasteiger partial charge in [-0.1, -0.05) is 6.07 Å². The molecule has 2 aromatic rings. The summed E-state index contributed by atoms with van der Waals surface area (Å²) in [4.78, 5) is 33.4. The lowest BCUT2D eigenvalue weighted by atomic mass is 9.98. The molecule has 2 aromatic heterocycles. The van der Waals surface area contributed by atoms with Crippen molar-refractivity contribution < 1.29 is 14.0 Å². The molecule has 1 aliphatic heterocycles. The molecule has 0 saturated carbocycles. The zero-order valence-corrected chi connectivity index (χ0v) is 12.7. The van der Waals surface area contributed by atoms with E-state index in [4.69, 9.17) is 5.73 Å². The molecule has 1 atom stereocenters. The van der Waals surface area contributed by atoms with Crippen LogP contribution >= 0.6 is 0 Å². The van der Waals surface area contributed by atoms with E-state index in [1.54, 1.807) is 38.2 Å². The molecule has 0 radical (unpaired) electrons. The van der Waals surface area contributed by atoms with E-state index < -0.39 is 17.8 Å². The maximum absolute atomic E-state index is 14.6. The summed E-state index contributed by atoms with van der Waals surface area (Å²) >= 11 is 0. The van der Waals surface area contributed by atoms with E-state index in [1.165, 1.54) is 4.90 Å². The van der Waals surface area contributed by atoms with Gasteiger partial charge in [0.15, 0.2) is 0 Å². The van der Waals surface area contributed by atoms with Gasteiger partial charge in [-0.15, -0.1) is 0 Å². The quantitative estimate of drug-likeness (QED) is 0.851. The molecule has 3 rings (SSSR count). The molecule has 0 bridgehead atoms. The number of pyridine rings is 2. The number of anilines is 1. The number of halogens is 1. The van der Waals surface area contributed by atoms with Crippen LogP contribution in [-0.4, -0.2) is 28.3 Å². The van der Waals surface area contributed by atoms with Crippen LogP contribution in [0.2, 0.25) is 0 Å². The zero-order valence-electron chi connectivity index (χ0n) is 12.7. The van der Waals surface area contributed by atoms with Gasteiger partial charge in [0.1, 0.15) is 6.54 Å². The Kier molecular flexibility index (Phi) is 3.55. The number of aromatic nitrogens is 2. The van der Waals surface area contributed by atoms with Crippen molar-refractivity contribution in [3.05, 3.63) is 41.7 Å². The molecule has 0 fully saturated rings. The molecule has 0 spiro atoms.